The highest BCUT2D eigenvalue weighted by molar-refractivity contribution is 5.75. The van der Waals surface area contributed by atoms with Crippen molar-refractivity contribution in [1.82, 2.24) is 0 Å². The van der Waals surface area contributed by atoms with Crippen molar-refractivity contribution < 1.29 is 14.6 Å². The molecule has 1 aromatic rings. The van der Waals surface area contributed by atoms with E-state index in [4.69, 9.17) is 4.74 Å². The SMILES string of the molecule is CCCOC(O)CNc1ccc(C=O)cc1. The molecule has 4 heteroatoms. The summed E-state index contributed by atoms with van der Waals surface area (Å²) in [5.74, 6) is 0. The van der Waals surface area contributed by atoms with Crippen LogP contribution in [0.15, 0.2) is 24.3 Å². The summed E-state index contributed by atoms with van der Waals surface area (Å²) < 4.78 is 5.09. The van der Waals surface area contributed by atoms with Crippen molar-refractivity contribution in [3.05, 3.63) is 29.8 Å². The Labute approximate surface area is 95.2 Å². The number of hydrogen-bond acceptors (Lipinski definition) is 4. The van der Waals surface area contributed by atoms with Crippen LogP contribution in [0, 0.1) is 0 Å². The van der Waals surface area contributed by atoms with Crippen LogP contribution in [0.5, 0.6) is 0 Å². The van der Waals surface area contributed by atoms with Crippen LogP contribution in [0.4, 0.5) is 5.69 Å². The molecule has 1 unspecified atom stereocenters. The third kappa shape index (κ3) is 4.42. The van der Waals surface area contributed by atoms with Gasteiger partial charge in [-0.05, 0) is 30.7 Å². The minimum Gasteiger partial charge on any atom is -0.380 e. The minimum atomic E-state index is -0.800. The lowest BCUT2D eigenvalue weighted by molar-refractivity contribution is -0.0883. The van der Waals surface area contributed by atoms with Crippen LogP contribution < -0.4 is 5.32 Å². The van der Waals surface area contributed by atoms with Crippen LogP contribution >= 0.6 is 0 Å². The van der Waals surface area contributed by atoms with Crippen molar-refractivity contribution in [3.63, 3.8) is 0 Å². The summed E-state index contributed by atoms with van der Waals surface area (Å²) in [5, 5.41) is 12.4. The normalized spacial score (nSPS) is 12.1. The first-order chi connectivity index (χ1) is 7.76. The lowest BCUT2D eigenvalue weighted by atomic mass is 10.2. The topological polar surface area (TPSA) is 58.6 Å². The molecule has 0 fully saturated rings. The molecule has 1 aromatic carbocycles. The second kappa shape index (κ2) is 6.98. The van der Waals surface area contributed by atoms with E-state index in [1.807, 2.05) is 6.92 Å². The monoisotopic (exact) mass is 223 g/mol. The van der Waals surface area contributed by atoms with E-state index in [2.05, 4.69) is 5.32 Å². The van der Waals surface area contributed by atoms with Gasteiger partial charge in [-0.15, -0.1) is 0 Å². The van der Waals surface area contributed by atoms with Gasteiger partial charge in [0.15, 0.2) is 6.29 Å². The third-order valence-corrected chi connectivity index (χ3v) is 2.04. The van der Waals surface area contributed by atoms with Gasteiger partial charge < -0.3 is 15.2 Å². The summed E-state index contributed by atoms with van der Waals surface area (Å²) in [6, 6.07) is 7.01. The number of aliphatic hydroxyl groups is 1. The van der Waals surface area contributed by atoms with Crippen molar-refractivity contribution >= 4 is 12.0 Å². The van der Waals surface area contributed by atoms with Gasteiger partial charge in [0.2, 0.25) is 0 Å². The van der Waals surface area contributed by atoms with Crippen LogP contribution in [0.1, 0.15) is 23.7 Å². The molecular weight excluding hydrogens is 206 g/mol. The fourth-order valence-electron chi connectivity index (χ4n) is 1.20. The molecule has 2 N–H and O–H groups in total. The van der Waals surface area contributed by atoms with Crippen LogP contribution in [-0.4, -0.2) is 30.8 Å². The first-order valence-corrected chi connectivity index (χ1v) is 5.35. The maximum Gasteiger partial charge on any atom is 0.171 e. The van der Waals surface area contributed by atoms with Crippen molar-refractivity contribution in [2.75, 3.05) is 18.5 Å². The summed E-state index contributed by atoms with van der Waals surface area (Å²) in [4.78, 5) is 10.4. The number of benzene rings is 1. The molecule has 88 valence electrons. The Morgan fingerprint density at radius 2 is 2.12 bits per heavy atom. The molecule has 0 aliphatic heterocycles. The minimum absolute atomic E-state index is 0.334. The van der Waals surface area contributed by atoms with E-state index in [1.165, 1.54) is 0 Å². The van der Waals surface area contributed by atoms with Crippen LogP contribution in [0.2, 0.25) is 0 Å². The lowest BCUT2D eigenvalue weighted by Gasteiger charge is -2.13. The molecule has 0 bridgehead atoms. The van der Waals surface area contributed by atoms with Crippen molar-refractivity contribution in [2.24, 2.45) is 0 Å². The number of anilines is 1. The van der Waals surface area contributed by atoms with Gasteiger partial charge >= 0.3 is 0 Å². The van der Waals surface area contributed by atoms with E-state index in [1.54, 1.807) is 24.3 Å². The number of carbonyl (C=O) groups is 1. The highest BCUT2D eigenvalue weighted by atomic mass is 16.6. The van der Waals surface area contributed by atoms with Gasteiger partial charge in [-0.2, -0.15) is 0 Å². The first kappa shape index (κ1) is 12.7. The average Bonchev–Trinajstić information content (AvgIpc) is 2.34. The zero-order valence-electron chi connectivity index (χ0n) is 9.35. The van der Waals surface area contributed by atoms with E-state index in [-0.39, 0.29) is 0 Å². The van der Waals surface area contributed by atoms with Gasteiger partial charge in [-0.1, -0.05) is 6.92 Å². The fraction of sp³-hybridized carbons (Fsp3) is 0.417. The zero-order chi connectivity index (χ0) is 11.8. The van der Waals surface area contributed by atoms with Gasteiger partial charge in [-0.3, -0.25) is 4.79 Å². The number of ether oxygens (including phenoxy) is 1. The standard InChI is InChI=1S/C12H17NO3/c1-2-7-16-12(15)8-13-11-5-3-10(9-14)4-6-11/h3-6,9,12-13,15H,2,7-8H2,1H3. The van der Waals surface area contributed by atoms with E-state index < -0.39 is 6.29 Å². The van der Waals surface area contributed by atoms with Gasteiger partial charge in [0.1, 0.15) is 6.29 Å². The number of carbonyl (C=O) groups excluding carboxylic acids is 1. The van der Waals surface area contributed by atoms with Crippen LogP contribution in [0.25, 0.3) is 0 Å². The number of aliphatic hydroxyl groups excluding tert-OH is 1. The number of rotatable bonds is 7. The molecule has 16 heavy (non-hydrogen) atoms. The molecule has 4 nitrogen and oxygen atoms in total. The van der Waals surface area contributed by atoms with Gasteiger partial charge in [0, 0.05) is 17.9 Å². The molecule has 0 aromatic heterocycles. The predicted molar refractivity (Wildman–Crippen MR) is 62.6 cm³/mol. The fourth-order valence-corrected chi connectivity index (χ4v) is 1.20. The summed E-state index contributed by atoms with van der Waals surface area (Å²) in [6.07, 6.45) is 0.874. The molecule has 0 saturated heterocycles. The lowest BCUT2D eigenvalue weighted by Crippen LogP contribution is -2.23. The number of aldehydes is 1. The van der Waals surface area contributed by atoms with Crippen molar-refractivity contribution in [2.45, 2.75) is 19.6 Å². The second-order valence-corrected chi connectivity index (χ2v) is 3.45. The Bertz CT molecular complexity index is 311. The molecule has 1 rings (SSSR count). The van der Waals surface area contributed by atoms with E-state index in [0.717, 1.165) is 18.4 Å². The highest BCUT2D eigenvalue weighted by Gasteiger charge is 2.02. The van der Waals surface area contributed by atoms with E-state index >= 15 is 0 Å². The van der Waals surface area contributed by atoms with Gasteiger partial charge in [0.05, 0.1) is 6.54 Å². The predicted octanol–water partition coefficient (Wildman–Crippen LogP) is 1.66. The molecule has 0 amide bonds. The molecular formula is C12H17NO3. The Morgan fingerprint density at radius 3 is 2.69 bits per heavy atom. The molecule has 0 spiro atoms. The summed E-state index contributed by atoms with van der Waals surface area (Å²) in [7, 11) is 0. The second-order valence-electron chi connectivity index (χ2n) is 3.45. The smallest absolute Gasteiger partial charge is 0.171 e. The maximum atomic E-state index is 10.4. The largest absolute Gasteiger partial charge is 0.380 e. The molecule has 0 heterocycles. The zero-order valence-corrected chi connectivity index (χ0v) is 9.35. The Hall–Kier alpha value is -1.39. The van der Waals surface area contributed by atoms with Crippen molar-refractivity contribution in [1.29, 1.82) is 0 Å². The summed E-state index contributed by atoms with van der Waals surface area (Å²) >= 11 is 0. The summed E-state index contributed by atoms with van der Waals surface area (Å²) in [6.45, 7) is 2.87. The Balaban J connectivity index is 2.33. The first-order valence-electron chi connectivity index (χ1n) is 5.35. The Kier molecular flexibility index (Phi) is 5.53. The average molecular weight is 223 g/mol. The molecule has 0 saturated carbocycles. The highest BCUT2D eigenvalue weighted by Crippen LogP contribution is 2.08. The summed E-state index contributed by atoms with van der Waals surface area (Å²) in [5.41, 5.74) is 1.48. The number of nitrogens with one attached hydrogen (secondary N) is 1. The van der Waals surface area contributed by atoms with E-state index in [9.17, 15) is 9.90 Å². The third-order valence-electron chi connectivity index (χ3n) is 2.04. The van der Waals surface area contributed by atoms with Crippen LogP contribution in [0.3, 0.4) is 0 Å². The number of hydrogen-bond donors (Lipinski definition) is 2. The van der Waals surface area contributed by atoms with Crippen molar-refractivity contribution in [3.8, 4) is 0 Å². The van der Waals surface area contributed by atoms with E-state index in [0.29, 0.717) is 18.7 Å². The quantitative estimate of drug-likeness (QED) is 0.545. The Morgan fingerprint density at radius 1 is 1.44 bits per heavy atom. The van der Waals surface area contributed by atoms with Gasteiger partial charge in [0.25, 0.3) is 0 Å². The van der Waals surface area contributed by atoms with Gasteiger partial charge in [-0.25, -0.2) is 0 Å². The molecule has 0 radical (unpaired) electrons. The molecule has 0 aliphatic carbocycles. The van der Waals surface area contributed by atoms with Crippen LogP contribution in [-0.2, 0) is 4.74 Å². The molecule has 0 aliphatic rings. The molecule has 1 atom stereocenters. The maximum absolute atomic E-state index is 10.4.